The summed E-state index contributed by atoms with van der Waals surface area (Å²) in [6, 6.07) is 5.11. The Morgan fingerprint density at radius 2 is 1.80 bits per heavy atom. The molecule has 0 unspecified atom stereocenters. The summed E-state index contributed by atoms with van der Waals surface area (Å²) in [4.78, 5) is 13.0. The first-order valence-electron chi connectivity index (χ1n) is 6.11. The van der Waals surface area contributed by atoms with Crippen LogP contribution in [-0.4, -0.2) is 10.9 Å². The third kappa shape index (κ3) is 3.81. The molecule has 5 nitrogen and oxygen atoms in total. The van der Waals surface area contributed by atoms with Crippen LogP contribution in [0.1, 0.15) is 28.6 Å². The number of primary amides is 1. The molecule has 2 rings (SSSR count). The second-order valence-electron chi connectivity index (χ2n) is 4.66. The normalized spacial score (nSPS) is 10.2. The van der Waals surface area contributed by atoms with Gasteiger partial charge >= 0.3 is 6.03 Å². The van der Waals surface area contributed by atoms with Gasteiger partial charge in [0.15, 0.2) is 0 Å². The molecule has 2 aromatic rings. The highest BCUT2D eigenvalue weighted by molar-refractivity contribution is 5.85. The molecule has 2 amide bonds. The smallest absolute Gasteiger partial charge is 0.315 e. The van der Waals surface area contributed by atoms with E-state index in [4.69, 9.17) is 14.6 Å². The number of halogens is 1. The van der Waals surface area contributed by atoms with E-state index < -0.39 is 6.03 Å². The van der Waals surface area contributed by atoms with Crippen LogP contribution in [0, 0.1) is 20.8 Å². The quantitative estimate of drug-likeness (QED) is 0.941. The number of furan rings is 2. The van der Waals surface area contributed by atoms with Crippen LogP contribution in [0.2, 0.25) is 0 Å². The molecule has 0 aromatic carbocycles. The van der Waals surface area contributed by atoms with Gasteiger partial charge in [-0.1, -0.05) is 0 Å². The van der Waals surface area contributed by atoms with Gasteiger partial charge in [-0.15, -0.1) is 12.4 Å². The Morgan fingerprint density at radius 3 is 2.25 bits per heavy atom. The molecule has 2 heterocycles. The zero-order valence-corrected chi connectivity index (χ0v) is 12.6. The summed E-state index contributed by atoms with van der Waals surface area (Å²) in [5.41, 5.74) is 6.45. The van der Waals surface area contributed by atoms with Crippen LogP contribution in [0.3, 0.4) is 0 Å². The lowest BCUT2D eigenvalue weighted by atomic mass is 10.3. The number of rotatable bonds is 4. The Morgan fingerprint density at radius 1 is 1.15 bits per heavy atom. The van der Waals surface area contributed by atoms with Gasteiger partial charge in [-0.2, -0.15) is 0 Å². The predicted octanol–water partition coefficient (Wildman–Crippen LogP) is 3.30. The molecule has 6 heteroatoms. The van der Waals surface area contributed by atoms with E-state index in [1.165, 1.54) is 4.90 Å². The Balaban J connectivity index is 0.00000200. The molecule has 0 saturated carbocycles. The van der Waals surface area contributed by atoms with Crippen molar-refractivity contribution in [2.24, 2.45) is 5.73 Å². The summed E-state index contributed by atoms with van der Waals surface area (Å²) in [6.07, 6.45) is 0. The van der Waals surface area contributed by atoms with Gasteiger partial charge < -0.3 is 19.5 Å². The van der Waals surface area contributed by atoms with Crippen molar-refractivity contribution in [2.75, 3.05) is 0 Å². The first-order valence-corrected chi connectivity index (χ1v) is 6.11. The number of nitrogens with two attached hydrogens (primary N) is 1. The summed E-state index contributed by atoms with van der Waals surface area (Å²) < 4.78 is 11.0. The van der Waals surface area contributed by atoms with Gasteiger partial charge in [0.1, 0.15) is 23.0 Å². The number of carbonyl (C=O) groups is 1. The number of hydrogen-bond acceptors (Lipinski definition) is 3. The van der Waals surface area contributed by atoms with Gasteiger partial charge in [0.2, 0.25) is 0 Å². The molecule has 0 aliphatic carbocycles. The fraction of sp³-hybridized carbons (Fsp3) is 0.357. The molecule has 0 spiro atoms. The van der Waals surface area contributed by atoms with Crippen molar-refractivity contribution >= 4 is 18.4 Å². The van der Waals surface area contributed by atoms with Gasteiger partial charge in [-0.3, -0.25) is 0 Å². The Kier molecular flexibility index (Phi) is 5.27. The minimum atomic E-state index is -0.499. The van der Waals surface area contributed by atoms with Crippen molar-refractivity contribution in [3.63, 3.8) is 0 Å². The lowest BCUT2D eigenvalue weighted by Crippen LogP contribution is -2.34. The largest absolute Gasteiger partial charge is 0.464 e. The molecule has 0 bridgehead atoms. The summed E-state index contributed by atoms with van der Waals surface area (Å²) in [6.45, 7) is 6.39. The summed E-state index contributed by atoms with van der Waals surface area (Å²) >= 11 is 0. The fourth-order valence-electron chi connectivity index (χ4n) is 1.89. The maximum absolute atomic E-state index is 11.5. The number of hydrogen-bond donors (Lipinski definition) is 1. The zero-order chi connectivity index (χ0) is 14.0. The number of amides is 2. The summed E-state index contributed by atoms with van der Waals surface area (Å²) in [7, 11) is 0. The average molecular weight is 299 g/mol. The maximum Gasteiger partial charge on any atom is 0.315 e. The predicted molar refractivity (Wildman–Crippen MR) is 77.7 cm³/mol. The third-order valence-corrected chi connectivity index (χ3v) is 3.02. The molecule has 110 valence electrons. The highest BCUT2D eigenvalue weighted by Gasteiger charge is 2.15. The van der Waals surface area contributed by atoms with E-state index in [1.54, 1.807) is 0 Å². The highest BCUT2D eigenvalue weighted by atomic mass is 35.5. The van der Waals surface area contributed by atoms with E-state index in [2.05, 4.69) is 0 Å². The first kappa shape index (κ1) is 16.2. The van der Waals surface area contributed by atoms with Gasteiger partial charge in [-0.25, -0.2) is 4.79 Å². The summed E-state index contributed by atoms with van der Waals surface area (Å²) in [5.74, 6) is 3.09. The standard InChI is InChI=1S/C14H18N2O3.ClH/c1-9-6-13(19-11(9)3)8-16(14(15)17)7-12-5-4-10(2)18-12;/h4-6H,7-8H2,1-3H3,(H2,15,17);1H. The van der Waals surface area contributed by atoms with Crippen LogP contribution in [0.4, 0.5) is 4.79 Å². The van der Waals surface area contributed by atoms with E-state index in [1.807, 2.05) is 39.0 Å². The second kappa shape index (κ2) is 6.52. The molecule has 20 heavy (non-hydrogen) atoms. The monoisotopic (exact) mass is 298 g/mol. The Bertz CT molecular complexity index is 570. The second-order valence-corrected chi connectivity index (χ2v) is 4.66. The van der Waals surface area contributed by atoms with Crippen molar-refractivity contribution in [1.82, 2.24) is 4.90 Å². The maximum atomic E-state index is 11.5. The van der Waals surface area contributed by atoms with E-state index in [9.17, 15) is 4.79 Å². The molecule has 0 saturated heterocycles. The van der Waals surface area contributed by atoms with Crippen LogP contribution < -0.4 is 5.73 Å². The number of aryl methyl sites for hydroxylation is 3. The van der Waals surface area contributed by atoms with Crippen molar-refractivity contribution < 1.29 is 13.6 Å². The SMILES string of the molecule is Cc1ccc(CN(Cc2cc(C)c(C)o2)C(N)=O)o1.Cl. The topological polar surface area (TPSA) is 72.6 Å². The van der Waals surface area contributed by atoms with E-state index in [0.717, 1.165) is 22.8 Å². The molecule has 0 aliphatic rings. The van der Waals surface area contributed by atoms with Crippen LogP contribution in [-0.2, 0) is 13.1 Å². The highest BCUT2D eigenvalue weighted by Crippen LogP contribution is 2.17. The number of urea groups is 1. The number of carbonyl (C=O) groups excluding carboxylic acids is 1. The number of nitrogens with zero attached hydrogens (tertiary/aromatic N) is 1. The van der Waals surface area contributed by atoms with Crippen LogP contribution in [0.25, 0.3) is 0 Å². The Hall–Kier alpha value is -1.88. The van der Waals surface area contributed by atoms with Crippen LogP contribution >= 0.6 is 12.4 Å². The lowest BCUT2D eigenvalue weighted by Gasteiger charge is -2.17. The zero-order valence-electron chi connectivity index (χ0n) is 11.8. The summed E-state index contributed by atoms with van der Waals surface area (Å²) in [5, 5.41) is 0. The van der Waals surface area contributed by atoms with Gasteiger partial charge in [0, 0.05) is 0 Å². The molecule has 0 radical (unpaired) electrons. The van der Waals surface area contributed by atoms with Crippen LogP contribution in [0.15, 0.2) is 27.0 Å². The van der Waals surface area contributed by atoms with Crippen molar-refractivity contribution in [2.45, 2.75) is 33.9 Å². The molecule has 0 fully saturated rings. The van der Waals surface area contributed by atoms with Gasteiger partial charge in [0.25, 0.3) is 0 Å². The van der Waals surface area contributed by atoms with E-state index in [0.29, 0.717) is 18.8 Å². The lowest BCUT2D eigenvalue weighted by molar-refractivity contribution is 0.191. The van der Waals surface area contributed by atoms with Crippen molar-refractivity contribution in [3.05, 3.63) is 46.8 Å². The fourth-order valence-corrected chi connectivity index (χ4v) is 1.89. The molecule has 2 N–H and O–H groups in total. The van der Waals surface area contributed by atoms with Crippen molar-refractivity contribution in [1.29, 1.82) is 0 Å². The minimum Gasteiger partial charge on any atom is -0.464 e. The van der Waals surface area contributed by atoms with Gasteiger partial charge in [-0.05, 0) is 44.5 Å². The first-order chi connectivity index (χ1) is 8.95. The average Bonchev–Trinajstić information content (AvgIpc) is 2.85. The molecule has 0 atom stereocenters. The minimum absolute atomic E-state index is 0. The molecule has 0 aliphatic heterocycles. The molecule has 2 aromatic heterocycles. The molecular weight excluding hydrogens is 280 g/mol. The van der Waals surface area contributed by atoms with E-state index in [-0.39, 0.29) is 12.4 Å². The van der Waals surface area contributed by atoms with Crippen molar-refractivity contribution in [3.8, 4) is 0 Å². The van der Waals surface area contributed by atoms with Crippen LogP contribution in [0.5, 0.6) is 0 Å². The van der Waals surface area contributed by atoms with E-state index >= 15 is 0 Å². The Labute approximate surface area is 124 Å². The molecular formula is C14H19ClN2O3. The van der Waals surface area contributed by atoms with Gasteiger partial charge in [0.05, 0.1) is 13.1 Å². The third-order valence-electron chi connectivity index (χ3n) is 3.02.